The molecule has 0 unspecified atom stereocenters. The average Bonchev–Trinajstić information content (AvgIpc) is 2.54. The van der Waals surface area contributed by atoms with E-state index in [1.54, 1.807) is 48.5 Å². The highest BCUT2D eigenvalue weighted by Gasteiger charge is 2.03. The summed E-state index contributed by atoms with van der Waals surface area (Å²) in [5, 5.41) is 9.09. The lowest BCUT2D eigenvalue weighted by atomic mass is 10.2. The van der Waals surface area contributed by atoms with Gasteiger partial charge in [-0.25, -0.2) is 0 Å². The summed E-state index contributed by atoms with van der Waals surface area (Å²) in [5.41, 5.74) is 1.34. The smallest absolute Gasteiger partial charge is 0.294 e. The number of aldehydes is 1. The molecular formula is C15H15NO5S. The van der Waals surface area contributed by atoms with E-state index >= 15 is 0 Å². The highest BCUT2D eigenvalue weighted by Crippen LogP contribution is 2.17. The van der Waals surface area contributed by atoms with Gasteiger partial charge in [-0.15, -0.1) is 22.7 Å². The Kier molecular flexibility index (Phi) is 7.49. The maximum absolute atomic E-state index is 10.1. The molecule has 0 bridgehead atoms. The van der Waals surface area contributed by atoms with Gasteiger partial charge < -0.3 is 9.57 Å². The van der Waals surface area contributed by atoms with Crippen LogP contribution in [-0.4, -0.2) is 18.5 Å². The lowest BCUT2D eigenvalue weighted by Crippen LogP contribution is -2.01. The summed E-state index contributed by atoms with van der Waals surface area (Å²) >= 11 is 4.05. The van der Waals surface area contributed by atoms with Crippen molar-refractivity contribution in [1.29, 1.82) is 0 Å². The van der Waals surface area contributed by atoms with E-state index in [9.17, 15) is 14.9 Å². The van der Waals surface area contributed by atoms with Gasteiger partial charge in [-0.2, -0.15) is 0 Å². The molecule has 0 radical (unpaired) electrons. The summed E-state index contributed by atoms with van der Waals surface area (Å²) in [4.78, 5) is 25.1. The Morgan fingerprint density at radius 1 is 1.18 bits per heavy atom. The largest absolute Gasteiger partial charge is 0.496 e. The minimum absolute atomic E-state index is 0.0863. The van der Waals surface area contributed by atoms with E-state index in [2.05, 4.69) is 17.5 Å². The number of ether oxygens (including phenoxy) is 1. The van der Waals surface area contributed by atoms with E-state index in [0.29, 0.717) is 16.9 Å². The summed E-state index contributed by atoms with van der Waals surface area (Å²) in [7, 11) is 1.50. The maximum atomic E-state index is 10.1. The standard InChI is InChI=1S/C8H9NO4.C7H6OS/c1-12-8-5-3-2-4-7(8)6-13-9(10)11;8-5-6-1-3-7(9)4-2-6/h2-5H,6H2,1H3;1-5,9H. The molecule has 6 nitrogen and oxygen atoms in total. The topological polar surface area (TPSA) is 78.7 Å². The van der Waals surface area contributed by atoms with Crippen LogP contribution >= 0.6 is 12.6 Å². The third-order valence-corrected chi connectivity index (χ3v) is 2.85. The van der Waals surface area contributed by atoms with E-state index in [0.717, 1.165) is 11.2 Å². The second-order valence-corrected chi connectivity index (χ2v) is 4.53. The van der Waals surface area contributed by atoms with Gasteiger partial charge in [0, 0.05) is 16.0 Å². The lowest BCUT2D eigenvalue weighted by molar-refractivity contribution is -0.763. The Hall–Kier alpha value is -2.54. The molecular weight excluding hydrogens is 306 g/mol. The van der Waals surface area contributed by atoms with Gasteiger partial charge in [-0.05, 0) is 18.2 Å². The molecule has 7 heteroatoms. The van der Waals surface area contributed by atoms with Crippen molar-refractivity contribution in [3.63, 3.8) is 0 Å². The van der Waals surface area contributed by atoms with Crippen molar-refractivity contribution in [1.82, 2.24) is 0 Å². The van der Waals surface area contributed by atoms with Gasteiger partial charge >= 0.3 is 0 Å². The molecule has 0 aliphatic carbocycles. The number of hydrogen-bond donors (Lipinski definition) is 1. The molecule has 0 saturated carbocycles. The normalized spacial score (nSPS) is 9.18. The third-order valence-electron chi connectivity index (χ3n) is 2.55. The fraction of sp³-hybridized carbons (Fsp3) is 0.133. The van der Waals surface area contributed by atoms with E-state index in [-0.39, 0.29) is 6.61 Å². The molecule has 0 atom stereocenters. The molecule has 0 N–H and O–H groups in total. The first kappa shape index (κ1) is 17.5. The molecule has 2 aromatic carbocycles. The Morgan fingerprint density at radius 3 is 2.36 bits per heavy atom. The highest BCUT2D eigenvalue weighted by atomic mass is 32.1. The lowest BCUT2D eigenvalue weighted by Gasteiger charge is -2.05. The molecule has 0 spiro atoms. The predicted octanol–water partition coefficient (Wildman–Crippen LogP) is 3.19. The maximum Gasteiger partial charge on any atom is 0.294 e. The van der Waals surface area contributed by atoms with Crippen molar-refractivity contribution in [3.05, 3.63) is 69.8 Å². The van der Waals surface area contributed by atoms with Crippen LogP contribution in [0.2, 0.25) is 0 Å². The van der Waals surface area contributed by atoms with Gasteiger partial charge in [0.05, 0.1) is 7.11 Å². The molecule has 2 aromatic rings. The fourth-order valence-corrected chi connectivity index (χ4v) is 1.65. The molecule has 0 saturated heterocycles. The van der Waals surface area contributed by atoms with Crippen LogP contribution in [0.4, 0.5) is 0 Å². The van der Waals surface area contributed by atoms with Gasteiger partial charge in [0.1, 0.15) is 18.6 Å². The van der Waals surface area contributed by atoms with E-state index in [1.807, 2.05) is 0 Å². The number of carbonyl (C=O) groups is 1. The Morgan fingerprint density at radius 2 is 1.82 bits per heavy atom. The van der Waals surface area contributed by atoms with Crippen molar-refractivity contribution in [2.45, 2.75) is 11.5 Å². The van der Waals surface area contributed by atoms with Crippen LogP contribution in [-0.2, 0) is 11.4 Å². The molecule has 0 heterocycles. The molecule has 0 aliphatic heterocycles. The molecule has 116 valence electrons. The van der Waals surface area contributed by atoms with Gasteiger partial charge in [-0.1, -0.05) is 30.3 Å². The molecule has 0 aliphatic rings. The summed E-state index contributed by atoms with van der Waals surface area (Å²) in [6.45, 7) is -0.0863. The number of rotatable bonds is 5. The molecule has 0 fully saturated rings. The Labute approximate surface area is 133 Å². The van der Waals surface area contributed by atoms with Crippen LogP contribution in [0.3, 0.4) is 0 Å². The summed E-state index contributed by atoms with van der Waals surface area (Å²) in [5.74, 6) is 0.587. The number of methoxy groups -OCH3 is 1. The number of nitrogens with zero attached hydrogens (tertiary/aromatic N) is 1. The van der Waals surface area contributed by atoms with Crippen LogP contribution in [0.15, 0.2) is 53.4 Å². The van der Waals surface area contributed by atoms with Gasteiger partial charge in [-0.3, -0.25) is 4.79 Å². The van der Waals surface area contributed by atoms with Crippen molar-refractivity contribution in [2.75, 3.05) is 7.11 Å². The van der Waals surface area contributed by atoms with Crippen LogP contribution in [0.25, 0.3) is 0 Å². The second kappa shape index (κ2) is 9.41. The molecule has 0 amide bonds. The summed E-state index contributed by atoms with van der Waals surface area (Å²) < 4.78 is 4.98. The zero-order chi connectivity index (χ0) is 16.4. The zero-order valence-corrected chi connectivity index (χ0v) is 12.7. The molecule has 2 rings (SSSR count). The number of carbonyl (C=O) groups excluding carboxylic acids is 1. The van der Waals surface area contributed by atoms with Crippen LogP contribution in [0.5, 0.6) is 5.75 Å². The minimum Gasteiger partial charge on any atom is -0.496 e. The van der Waals surface area contributed by atoms with Crippen molar-refractivity contribution < 1.29 is 19.5 Å². The average molecular weight is 321 g/mol. The number of hydrogen-bond acceptors (Lipinski definition) is 6. The van der Waals surface area contributed by atoms with Crippen molar-refractivity contribution >= 4 is 18.9 Å². The first-order valence-corrected chi connectivity index (χ1v) is 6.65. The fourth-order valence-electron chi connectivity index (χ4n) is 1.50. The van der Waals surface area contributed by atoms with Crippen LogP contribution in [0, 0.1) is 10.1 Å². The van der Waals surface area contributed by atoms with Crippen molar-refractivity contribution in [2.24, 2.45) is 0 Å². The first-order valence-electron chi connectivity index (χ1n) is 6.20. The molecule has 0 aromatic heterocycles. The predicted molar refractivity (Wildman–Crippen MR) is 83.9 cm³/mol. The summed E-state index contributed by atoms with van der Waals surface area (Å²) in [6, 6.07) is 14.0. The first-order chi connectivity index (χ1) is 10.6. The number of benzene rings is 2. The highest BCUT2D eigenvalue weighted by molar-refractivity contribution is 7.80. The summed E-state index contributed by atoms with van der Waals surface area (Å²) in [6.07, 6.45) is 0.813. The van der Waals surface area contributed by atoms with E-state index < -0.39 is 5.09 Å². The Bertz CT molecular complexity index is 616. The molecule has 22 heavy (non-hydrogen) atoms. The van der Waals surface area contributed by atoms with E-state index in [4.69, 9.17) is 4.74 Å². The SMILES string of the molecule is COc1ccccc1CO[N+](=O)[O-].O=Cc1ccc(S)cc1. The van der Waals surface area contributed by atoms with Gasteiger partial charge in [0.2, 0.25) is 0 Å². The monoisotopic (exact) mass is 321 g/mol. The van der Waals surface area contributed by atoms with Crippen LogP contribution in [0.1, 0.15) is 15.9 Å². The third kappa shape index (κ3) is 6.27. The number of thiol groups is 1. The number of para-hydroxylation sites is 1. The van der Waals surface area contributed by atoms with Gasteiger partial charge in [0.25, 0.3) is 5.09 Å². The second-order valence-electron chi connectivity index (χ2n) is 4.02. The minimum atomic E-state index is -0.827. The zero-order valence-electron chi connectivity index (χ0n) is 11.8. The van der Waals surface area contributed by atoms with Gasteiger partial charge in [0.15, 0.2) is 0 Å². The van der Waals surface area contributed by atoms with E-state index in [1.165, 1.54) is 7.11 Å². The Balaban J connectivity index is 0.000000235. The van der Waals surface area contributed by atoms with Crippen LogP contribution < -0.4 is 4.74 Å². The quantitative estimate of drug-likeness (QED) is 0.396. The van der Waals surface area contributed by atoms with Crippen molar-refractivity contribution in [3.8, 4) is 5.75 Å².